The smallest absolute Gasteiger partial charge is 0.367 e. The van der Waals surface area contributed by atoms with Crippen LogP contribution < -0.4 is 5.32 Å². The third kappa shape index (κ3) is 3.83. The first-order valence-electron chi connectivity index (χ1n) is 13.4. The number of aryl methyl sites for hydroxylation is 1. The molecule has 7 nitrogen and oxygen atoms in total. The lowest BCUT2D eigenvalue weighted by atomic mass is 9.54. The van der Waals surface area contributed by atoms with Gasteiger partial charge in [0.25, 0.3) is 0 Å². The quantitative estimate of drug-likeness (QED) is 0.451. The van der Waals surface area contributed by atoms with Crippen LogP contribution in [0.3, 0.4) is 0 Å². The van der Waals surface area contributed by atoms with E-state index in [1.807, 2.05) is 11.0 Å². The van der Waals surface area contributed by atoms with Crippen molar-refractivity contribution in [1.82, 2.24) is 19.4 Å². The molecule has 2 aliphatic carbocycles. The summed E-state index contributed by atoms with van der Waals surface area (Å²) in [4.78, 5) is 23.7. The summed E-state index contributed by atoms with van der Waals surface area (Å²) in [6.07, 6.45) is -1.12. The second-order valence-electron chi connectivity index (χ2n) is 11.8. The summed E-state index contributed by atoms with van der Waals surface area (Å²) in [5.74, 6) is 0.168. The Labute approximate surface area is 222 Å². The van der Waals surface area contributed by atoms with Gasteiger partial charge in [0, 0.05) is 36.5 Å². The summed E-state index contributed by atoms with van der Waals surface area (Å²) in [7, 11) is 0. The zero-order valence-corrected chi connectivity index (χ0v) is 21.7. The van der Waals surface area contributed by atoms with Crippen molar-refractivity contribution in [2.75, 3.05) is 25.0 Å². The number of nitrogens with zero attached hydrogens (tertiary/aromatic N) is 4. The van der Waals surface area contributed by atoms with Crippen LogP contribution in [-0.2, 0) is 27.9 Å². The van der Waals surface area contributed by atoms with E-state index in [4.69, 9.17) is 9.72 Å². The van der Waals surface area contributed by atoms with E-state index in [0.717, 1.165) is 61.6 Å². The Balaban J connectivity index is 1.18. The molecule has 3 aromatic rings. The van der Waals surface area contributed by atoms with E-state index in [-0.39, 0.29) is 22.8 Å². The fraction of sp³-hybridized carbons (Fsp3) is 0.536. The third-order valence-corrected chi connectivity index (χ3v) is 8.79. The summed E-state index contributed by atoms with van der Waals surface area (Å²) in [5.41, 5.74) is -0.0294. The Kier molecular flexibility index (Phi) is 5.19. The molecule has 2 saturated carbocycles. The van der Waals surface area contributed by atoms with Gasteiger partial charge in [-0.15, -0.1) is 0 Å². The second-order valence-corrected chi connectivity index (χ2v) is 11.8. The Morgan fingerprint density at radius 1 is 1.21 bits per heavy atom. The Morgan fingerprint density at radius 2 is 1.95 bits per heavy atom. The molecule has 2 aliphatic heterocycles. The monoisotopic (exact) mass is 543 g/mol. The molecule has 1 amide bonds. The normalized spacial score (nSPS) is 21.9. The number of carbonyl (C=O) groups is 1. The van der Waals surface area contributed by atoms with Crippen LogP contribution in [0.2, 0.25) is 0 Å². The summed E-state index contributed by atoms with van der Waals surface area (Å²) in [5, 5.41) is 3.87. The predicted octanol–water partition coefficient (Wildman–Crippen LogP) is 5.33. The minimum Gasteiger partial charge on any atom is -0.367 e. The number of benzene rings is 1. The van der Waals surface area contributed by atoms with Gasteiger partial charge >= 0.3 is 6.18 Å². The number of amides is 1. The van der Waals surface area contributed by atoms with Crippen molar-refractivity contribution in [3.63, 3.8) is 0 Å². The predicted molar refractivity (Wildman–Crippen MR) is 134 cm³/mol. The van der Waals surface area contributed by atoms with Gasteiger partial charge in [-0.1, -0.05) is 12.1 Å². The minimum absolute atomic E-state index is 0.0847. The van der Waals surface area contributed by atoms with Crippen molar-refractivity contribution < 1.29 is 27.1 Å². The number of likely N-dealkylation sites (tertiary alicyclic amines) is 1. The molecule has 1 atom stereocenters. The molecule has 1 aromatic carbocycles. The van der Waals surface area contributed by atoms with Crippen LogP contribution in [0, 0.1) is 24.1 Å². The van der Waals surface area contributed by atoms with E-state index < -0.39 is 29.2 Å². The molecule has 39 heavy (non-hydrogen) atoms. The number of alkyl halides is 3. The van der Waals surface area contributed by atoms with Gasteiger partial charge in [0.05, 0.1) is 29.3 Å². The molecular formula is C28H29F4N5O2. The third-order valence-electron chi connectivity index (χ3n) is 8.79. The molecule has 7 rings (SSSR count). The molecule has 1 saturated heterocycles. The topological polar surface area (TPSA) is 72.3 Å². The van der Waals surface area contributed by atoms with E-state index in [2.05, 4.69) is 14.9 Å². The maximum Gasteiger partial charge on any atom is 0.419 e. The van der Waals surface area contributed by atoms with Crippen LogP contribution in [0.25, 0.3) is 11.0 Å². The van der Waals surface area contributed by atoms with Crippen LogP contribution in [0.1, 0.15) is 61.3 Å². The maximum atomic E-state index is 14.9. The SMILES string of the molecule is Cc1nc(N[C@H](C)c2cccc(C(F)(F)F)c2F)c2cc3n(c2n1)CCOC31CC2(CN(C(=O)C3CC3)C2)C1. The van der Waals surface area contributed by atoms with Gasteiger partial charge in [0.15, 0.2) is 0 Å². The average Bonchev–Trinajstić information content (AvgIpc) is 3.61. The van der Waals surface area contributed by atoms with Crippen LogP contribution in [0.15, 0.2) is 24.3 Å². The highest BCUT2D eigenvalue weighted by atomic mass is 19.4. The van der Waals surface area contributed by atoms with Crippen LogP contribution in [0.5, 0.6) is 0 Å². The van der Waals surface area contributed by atoms with E-state index in [9.17, 15) is 22.4 Å². The van der Waals surface area contributed by atoms with Gasteiger partial charge in [0.2, 0.25) is 5.91 Å². The van der Waals surface area contributed by atoms with Crippen LogP contribution in [0.4, 0.5) is 23.4 Å². The van der Waals surface area contributed by atoms with E-state index >= 15 is 0 Å². The lowest BCUT2D eigenvalue weighted by molar-refractivity contribution is -0.233. The van der Waals surface area contributed by atoms with Gasteiger partial charge in [-0.3, -0.25) is 4.79 Å². The number of aromatic nitrogens is 3. The number of anilines is 1. The van der Waals surface area contributed by atoms with Gasteiger partial charge in [-0.2, -0.15) is 13.2 Å². The molecule has 0 radical (unpaired) electrons. The fourth-order valence-electron chi connectivity index (χ4n) is 6.91. The maximum absolute atomic E-state index is 14.9. The van der Waals surface area contributed by atoms with Gasteiger partial charge in [-0.25, -0.2) is 14.4 Å². The highest BCUT2D eigenvalue weighted by molar-refractivity contribution is 5.89. The number of hydrogen-bond donors (Lipinski definition) is 1. The van der Waals surface area contributed by atoms with Crippen molar-refractivity contribution in [1.29, 1.82) is 0 Å². The van der Waals surface area contributed by atoms with E-state index in [0.29, 0.717) is 24.8 Å². The summed E-state index contributed by atoms with van der Waals surface area (Å²) in [6.45, 7) is 6.08. The van der Waals surface area contributed by atoms with Crippen molar-refractivity contribution >= 4 is 22.8 Å². The first kappa shape index (κ1) is 24.8. The number of hydrogen-bond acceptors (Lipinski definition) is 5. The number of nitrogens with one attached hydrogen (secondary N) is 1. The van der Waals surface area contributed by atoms with Crippen LogP contribution in [-0.4, -0.2) is 45.0 Å². The number of fused-ring (bicyclic) bond motifs is 4. The first-order chi connectivity index (χ1) is 18.5. The molecule has 1 N–H and O–H groups in total. The molecule has 3 fully saturated rings. The molecular weight excluding hydrogens is 514 g/mol. The fourth-order valence-corrected chi connectivity index (χ4v) is 6.91. The molecule has 4 aliphatic rings. The zero-order chi connectivity index (χ0) is 27.3. The Morgan fingerprint density at radius 3 is 2.64 bits per heavy atom. The molecule has 0 unspecified atom stereocenters. The Bertz CT molecular complexity index is 1500. The summed E-state index contributed by atoms with van der Waals surface area (Å²) in [6, 6.07) is 4.54. The van der Waals surface area contributed by atoms with Crippen molar-refractivity contribution in [2.24, 2.45) is 11.3 Å². The molecule has 11 heteroatoms. The molecule has 206 valence electrons. The van der Waals surface area contributed by atoms with Gasteiger partial charge in [-0.05, 0) is 51.7 Å². The lowest BCUT2D eigenvalue weighted by Gasteiger charge is -2.64. The Hall–Kier alpha value is -3.21. The van der Waals surface area contributed by atoms with E-state index in [1.54, 1.807) is 13.8 Å². The highest BCUT2D eigenvalue weighted by Gasteiger charge is 2.64. The molecule has 4 heterocycles. The van der Waals surface area contributed by atoms with Gasteiger partial charge in [0.1, 0.15) is 28.7 Å². The minimum atomic E-state index is -4.78. The second kappa shape index (κ2) is 8.16. The number of carbonyl (C=O) groups excluding carboxylic acids is 1. The van der Waals surface area contributed by atoms with Crippen molar-refractivity contribution in [3.8, 4) is 0 Å². The number of rotatable bonds is 4. The average molecular weight is 544 g/mol. The first-order valence-corrected chi connectivity index (χ1v) is 13.4. The largest absolute Gasteiger partial charge is 0.419 e. The summed E-state index contributed by atoms with van der Waals surface area (Å²) < 4.78 is 63.3. The van der Waals surface area contributed by atoms with E-state index in [1.165, 1.54) is 12.1 Å². The summed E-state index contributed by atoms with van der Waals surface area (Å²) >= 11 is 0. The van der Waals surface area contributed by atoms with Gasteiger partial charge < -0.3 is 19.5 Å². The van der Waals surface area contributed by atoms with Crippen LogP contribution >= 0.6 is 0 Å². The zero-order valence-electron chi connectivity index (χ0n) is 21.7. The molecule has 2 aromatic heterocycles. The molecule has 0 bridgehead atoms. The number of halogens is 4. The van der Waals surface area contributed by atoms with Crippen molar-refractivity contribution in [2.45, 2.75) is 63.9 Å². The number of ether oxygens (including phenoxy) is 1. The lowest BCUT2D eigenvalue weighted by Crippen LogP contribution is -2.69. The van der Waals surface area contributed by atoms with Crippen molar-refractivity contribution in [3.05, 3.63) is 52.7 Å². The highest BCUT2D eigenvalue weighted by Crippen LogP contribution is 2.62. The standard InChI is InChI=1S/C28H29F4N5O2/c1-15(18-4-3-5-20(22(18)29)28(30,31)32)33-23-19-10-21-27(39-9-8-37(21)24(19)35-16(2)34-23)11-26(12-27)13-36(14-26)25(38)17-6-7-17/h3-5,10,15,17H,6-9,11-14H2,1-2H3,(H,33,34,35)/t15-/m1/s1. The molecule has 2 spiro atoms.